The van der Waals surface area contributed by atoms with Crippen molar-refractivity contribution in [1.29, 1.82) is 0 Å². The van der Waals surface area contributed by atoms with E-state index in [1.807, 2.05) is 6.07 Å². The number of anilines is 1. The number of H-pyrrole nitrogens is 1. The molecule has 1 aliphatic rings. The van der Waals surface area contributed by atoms with Gasteiger partial charge < -0.3 is 10.5 Å². The molecule has 1 unspecified atom stereocenters. The zero-order chi connectivity index (χ0) is 26.7. The summed E-state index contributed by atoms with van der Waals surface area (Å²) in [5.74, 6) is -0.638. The molecule has 0 saturated heterocycles. The fourth-order valence-corrected chi connectivity index (χ4v) is 5.69. The number of benzene rings is 1. The van der Waals surface area contributed by atoms with Crippen LogP contribution in [0.5, 0.6) is 5.75 Å². The Morgan fingerprint density at radius 1 is 1.24 bits per heavy atom. The summed E-state index contributed by atoms with van der Waals surface area (Å²) in [5, 5.41) is 2.97. The Bertz CT molecular complexity index is 1560. The van der Waals surface area contributed by atoms with Crippen molar-refractivity contribution < 1.29 is 31.9 Å². The average molecular weight is 534 g/mol. The van der Waals surface area contributed by atoms with Gasteiger partial charge in [-0.3, -0.25) is 9.32 Å². The standard InChI is InChI=1S/C25H23F3N4O4S/c1-24(2,3)13-4-9-17-12(10-13)11-16-18(29)21(37-22(16)30-17)20(33)19-23(34)36-31-32(19)14-5-7-15(8-6-14)35-25(26,27)28/h5-8,11,13H,4,9-10H2,1-3H3,(H2-,29,31,33,34)/p+1. The molecule has 0 saturated carbocycles. The zero-order valence-electron chi connectivity index (χ0n) is 20.2. The lowest BCUT2D eigenvalue weighted by Gasteiger charge is -2.34. The van der Waals surface area contributed by atoms with Crippen LogP contribution in [0, 0.1) is 11.3 Å². The second kappa shape index (κ2) is 8.72. The van der Waals surface area contributed by atoms with Gasteiger partial charge in [0.05, 0.1) is 5.69 Å². The van der Waals surface area contributed by atoms with Gasteiger partial charge in [-0.25, -0.2) is 9.78 Å². The van der Waals surface area contributed by atoms with Crippen LogP contribution in [0.1, 0.15) is 53.8 Å². The fraction of sp³-hybridized carbons (Fsp3) is 0.360. The van der Waals surface area contributed by atoms with Crippen molar-refractivity contribution in [3.63, 3.8) is 0 Å². The number of ketones is 1. The van der Waals surface area contributed by atoms with Crippen LogP contribution in [0.2, 0.25) is 0 Å². The van der Waals surface area contributed by atoms with E-state index in [9.17, 15) is 22.8 Å². The molecule has 1 aliphatic carbocycles. The molecular formula is C25H24F3N4O4S+. The molecule has 12 heteroatoms. The number of nitrogens with two attached hydrogens (primary N) is 1. The van der Waals surface area contributed by atoms with Gasteiger partial charge in [-0.15, -0.1) is 24.5 Å². The lowest BCUT2D eigenvalue weighted by atomic mass is 9.71. The zero-order valence-corrected chi connectivity index (χ0v) is 21.0. The van der Waals surface area contributed by atoms with E-state index in [2.05, 4.69) is 30.8 Å². The first-order valence-corrected chi connectivity index (χ1v) is 12.4. The van der Waals surface area contributed by atoms with Crippen LogP contribution in [0.3, 0.4) is 0 Å². The molecule has 3 heterocycles. The third kappa shape index (κ3) is 4.73. The Kier molecular flexibility index (Phi) is 5.89. The second-order valence-electron chi connectivity index (χ2n) is 10.1. The van der Waals surface area contributed by atoms with Crippen molar-refractivity contribution in [2.45, 2.75) is 46.4 Å². The first-order valence-electron chi connectivity index (χ1n) is 11.6. The highest BCUT2D eigenvalue weighted by Gasteiger charge is 2.36. The largest absolute Gasteiger partial charge is 0.573 e. The Morgan fingerprint density at radius 3 is 2.59 bits per heavy atom. The highest BCUT2D eigenvalue weighted by atomic mass is 32.1. The van der Waals surface area contributed by atoms with Gasteiger partial charge >= 0.3 is 17.7 Å². The molecular weight excluding hydrogens is 509 g/mol. The quantitative estimate of drug-likeness (QED) is 0.290. The Balaban J connectivity index is 1.51. The topological polar surface area (TPSA) is 115 Å². The summed E-state index contributed by atoms with van der Waals surface area (Å²) >= 11 is 1.09. The lowest BCUT2D eigenvalue weighted by Crippen LogP contribution is -2.41. The molecule has 8 nitrogen and oxygen atoms in total. The van der Waals surface area contributed by atoms with Crippen LogP contribution < -0.4 is 20.8 Å². The number of rotatable bonds is 4. The van der Waals surface area contributed by atoms with Gasteiger partial charge in [0.1, 0.15) is 15.5 Å². The smallest absolute Gasteiger partial charge is 0.406 e. The number of nitrogens with zero attached hydrogens (tertiary/aromatic N) is 2. The van der Waals surface area contributed by atoms with E-state index in [0.717, 1.165) is 58.7 Å². The molecule has 1 atom stereocenters. The van der Waals surface area contributed by atoms with Crippen molar-refractivity contribution in [2.24, 2.45) is 11.3 Å². The highest BCUT2D eigenvalue weighted by molar-refractivity contribution is 7.21. The molecule has 3 N–H and O–H groups in total. The summed E-state index contributed by atoms with van der Waals surface area (Å²) in [4.78, 5) is 31.5. The van der Waals surface area contributed by atoms with Gasteiger partial charge in [0.15, 0.2) is 0 Å². The van der Waals surface area contributed by atoms with Crippen LogP contribution in [0.25, 0.3) is 15.9 Å². The molecule has 0 spiro atoms. The predicted molar refractivity (Wildman–Crippen MR) is 130 cm³/mol. The minimum atomic E-state index is -4.85. The van der Waals surface area contributed by atoms with Crippen molar-refractivity contribution in [3.8, 4) is 11.4 Å². The predicted octanol–water partition coefficient (Wildman–Crippen LogP) is 4.72. The van der Waals surface area contributed by atoms with E-state index in [4.69, 9.17) is 15.2 Å². The Morgan fingerprint density at radius 2 is 1.95 bits per heavy atom. The van der Waals surface area contributed by atoms with E-state index < -0.39 is 23.5 Å². The van der Waals surface area contributed by atoms with Gasteiger partial charge in [0, 0.05) is 23.2 Å². The SMILES string of the molecule is CC(C)(C)C1CCc2nc3sc(C(=O)c4c(=O)o[nH][n+]4-c4ccc(OC(F)(F)F)cc4)c(N)c3cc2C1. The monoisotopic (exact) mass is 533 g/mol. The molecule has 0 radical (unpaired) electrons. The fourth-order valence-electron chi connectivity index (χ4n) is 4.65. The number of hydrogen-bond donors (Lipinski definition) is 2. The number of hydrogen-bond acceptors (Lipinski definition) is 7. The number of thiophene rings is 1. The van der Waals surface area contributed by atoms with E-state index in [-0.39, 0.29) is 27.4 Å². The number of aromatic amines is 1. The van der Waals surface area contributed by atoms with Crippen LogP contribution in [0.15, 0.2) is 39.6 Å². The maximum atomic E-state index is 13.5. The average Bonchev–Trinajstić information content (AvgIpc) is 3.35. The number of halogens is 3. The molecule has 194 valence electrons. The number of ether oxygens (including phenoxy) is 1. The van der Waals surface area contributed by atoms with Crippen molar-refractivity contribution >= 4 is 33.0 Å². The third-order valence-electron chi connectivity index (χ3n) is 6.71. The number of carbonyl (C=O) groups excluding carboxylic acids is 1. The third-order valence-corrected chi connectivity index (χ3v) is 7.82. The van der Waals surface area contributed by atoms with Crippen molar-refractivity contribution in [3.05, 3.63) is 62.6 Å². The summed E-state index contributed by atoms with van der Waals surface area (Å²) in [6, 6.07) is 6.61. The summed E-state index contributed by atoms with van der Waals surface area (Å²) in [5.41, 5.74) is 7.73. The molecule has 4 aromatic rings. The van der Waals surface area contributed by atoms with E-state index in [0.29, 0.717) is 16.1 Å². The summed E-state index contributed by atoms with van der Waals surface area (Å²) in [7, 11) is 0. The normalized spacial score (nSPS) is 16.1. The first kappa shape index (κ1) is 25.0. The number of pyridine rings is 1. The minimum absolute atomic E-state index is 0.134. The van der Waals surface area contributed by atoms with E-state index in [1.165, 1.54) is 12.1 Å². The van der Waals surface area contributed by atoms with Gasteiger partial charge in [0.25, 0.3) is 5.78 Å². The van der Waals surface area contributed by atoms with Crippen LogP contribution in [-0.2, 0) is 12.8 Å². The molecule has 5 rings (SSSR count). The highest BCUT2D eigenvalue weighted by Crippen LogP contribution is 2.40. The minimum Gasteiger partial charge on any atom is -0.406 e. The van der Waals surface area contributed by atoms with Gasteiger partial charge in [-0.05, 0) is 64.3 Å². The Labute approximate surface area is 212 Å². The van der Waals surface area contributed by atoms with Gasteiger partial charge in [0.2, 0.25) is 5.69 Å². The van der Waals surface area contributed by atoms with Crippen LogP contribution >= 0.6 is 11.3 Å². The molecule has 0 aliphatic heterocycles. The molecule has 3 aromatic heterocycles. The molecule has 0 bridgehead atoms. The van der Waals surface area contributed by atoms with Gasteiger partial charge in [-0.1, -0.05) is 20.8 Å². The molecule has 0 amide bonds. The number of nitrogens with one attached hydrogen (secondary N) is 1. The van der Waals surface area contributed by atoms with Crippen molar-refractivity contribution in [1.82, 2.24) is 10.3 Å². The molecule has 0 fully saturated rings. The number of aryl methyl sites for hydroxylation is 1. The van der Waals surface area contributed by atoms with Crippen LogP contribution in [0.4, 0.5) is 18.9 Å². The summed E-state index contributed by atoms with van der Waals surface area (Å²) in [6.07, 6.45) is -2.11. The van der Waals surface area contributed by atoms with Crippen molar-refractivity contribution in [2.75, 3.05) is 5.73 Å². The number of alkyl halides is 3. The lowest BCUT2D eigenvalue weighted by molar-refractivity contribution is -0.672. The number of aromatic nitrogens is 3. The number of nitrogen functional groups attached to an aromatic ring is 1. The van der Waals surface area contributed by atoms with E-state index in [1.54, 1.807) is 0 Å². The molecule has 37 heavy (non-hydrogen) atoms. The summed E-state index contributed by atoms with van der Waals surface area (Å²) in [6.45, 7) is 6.66. The summed E-state index contributed by atoms with van der Waals surface area (Å²) < 4.78 is 47.2. The maximum Gasteiger partial charge on any atom is 0.573 e. The van der Waals surface area contributed by atoms with E-state index >= 15 is 0 Å². The van der Waals surface area contributed by atoms with Gasteiger partial charge in [-0.2, -0.15) is 0 Å². The first-order chi connectivity index (χ1) is 17.3. The number of carbonyl (C=O) groups is 1. The van der Waals surface area contributed by atoms with Crippen LogP contribution in [-0.4, -0.2) is 22.4 Å². The molecule has 1 aromatic carbocycles. The Hall–Kier alpha value is -3.67. The maximum absolute atomic E-state index is 13.5. The second-order valence-corrected chi connectivity index (χ2v) is 11.1. The number of fused-ring (bicyclic) bond motifs is 2.